The van der Waals surface area contributed by atoms with E-state index in [-0.39, 0.29) is 0 Å². The molecule has 2 N–H and O–H groups in total. The van der Waals surface area contributed by atoms with Crippen LogP contribution in [0.4, 0.5) is 0 Å². The highest BCUT2D eigenvalue weighted by Gasteiger charge is 1.91. The number of hydrogen-bond donors (Lipinski definition) is 1. The standard InChI is InChI=1S/C12H27NO/c1-2-3-4-5-6-7-8-9-10-11-12-14-13/h2-13H2,1H3. The van der Waals surface area contributed by atoms with Gasteiger partial charge in [-0.2, -0.15) is 0 Å². The van der Waals surface area contributed by atoms with Gasteiger partial charge in [0.2, 0.25) is 0 Å². The molecule has 0 heterocycles. The maximum absolute atomic E-state index is 4.94. The third kappa shape index (κ3) is 11.9. The van der Waals surface area contributed by atoms with Crippen molar-refractivity contribution in [2.45, 2.75) is 71.1 Å². The molecule has 0 aliphatic carbocycles. The summed E-state index contributed by atoms with van der Waals surface area (Å²) < 4.78 is 0. The van der Waals surface area contributed by atoms with E-state index in [1.54, 1.807) is 0 Å². The summed E-state index contributed by atoms with van der Waals surface area (Å²) in [5.41, 5.74) is 0. The second-order valence-electron chi connectivity index (χ2n) is 4.05. The van der Waals surface area contributed by atoms with Gasteiger partial charge in [-0.3, -0.25) is 0 Å². The Labute approximate surface area is 89.2 Å². The van der Waals surface area contributed by atoms with E-state index in [1.807, 2.05) is 0 Å². The molecule has 2 heteroatoms. The first-order chi connectivity index (χ1) is 6.91. The van der Waals surface area contributed by atoms with Gasteiger partial charge in [-0.05, 0) is 6.42 Å². The predicted octanol–water partition coefficient (Wildman–Crippen LogP) is 3.80. The minimum Gasteiger partial charge on any atom is -0.305 e. The first-order valence-electron chi connectivity index (χ1n) is 6.23. The third-order valence-electron chi connectivity index (χ3n) is 2.62. The van der Waals surface area contributed by atoms with Gasteiger partial charge in [0.1, 0.15) is 0 Å². The van der Waals surface area contributed by atoms with Gasteiger partial charge in [0.15, 0.2) is 0 Å². The molecule has 2 nitrogen and oxygen atoms in total. The van der Waals surface area contributed by atoms with E-state index in [0.29, 0.717) is 0 Å². The zero-order valence-electron chi connectivity index (χ0n) is 9.76. The summed E-state index contributed by atoms with van der Waals surface area (Å²) in [7, 11) is 0. The largest absolute Gasteiger partial charge is 0.305 e. The maximum Gasteiger partial charge on any atom is 0.0679 e. The van der Waals surface area contributed by atoms with Crippen LogP contribution in [0.5, 0.6) is 0 Å². The van der Waals surface area contributed by atoms with Crippen molar-refractivity contribution in [2.24, 2.45) is 5.90 Å². The van der Waals surface area contributed by atoms with Crippen molar-refractivity contribution in [3.63, 3.8) is 0 Å². The van der Waals surface area contributed by atoms with Crippen LogP contribution in [0, 0.1) is 0 Å². The Balaban J connectivity index is 2.78. The number of hydrogen-bond acceptors (Lipinski definition) is 2. The van der Waals surface area contributed by atoms with Crippen molar-refractivity contribution in [2.75, 3.05) is 6.61 Å². The van der Waals surface area contributed by atoms with Crippen molar-refractivity contribution >= 4 is 0 Å². The number of nitrogens with two attached hydrogens (primary N) is 1. The molecule has 0 saturated heterocycles. The summed E-state index contributed by atoms with van der Waals surface area (Å²) in [5, 5.41) is 0. The molecular weight excluding hydrogens is 174 g/mol. The average Bonchev–Trinajstić information content (AvgIpc) is 2.21. The molecule has 0 aliphatic heterocycles. The maximum atomic E-state index is 4.94. The fourth-order valence-corrected chi connectivity index (χ4v) is 1.67. The predicted molar refractivity (Wildman–Crippen MR) is 62.0 cm³/mol. The van der Waals surface area contributed by atoms with E-state index in [9.17, 15) is 0 Å². The fraction of sp³-hybridized carbons (Fsp3) is 1.00. The summed E-state index contributed by atoms with van der Waals surface area (Å²) in [6.07, 6.45) is 13.6. The van der Waals surface area contributed by atoms with Crippen molar-refractivity contribution in [1.29, 1.82) is 0 Å². The molecule has 0 bridgehead atoms. The van der Waals surface area contributed by atoms with E-state index in [0.717, 1.165) is 13.0 Å². The van der Waals surface area contributed by atoms with Gasteiger partial charge in [0.05, 0.1) is 6.61 Å². The summed E-state index contributed by atoms with van der Waals surface area (Å²) in [6.45, 7) is 2.98. The van der Waals surface area contributed by atoms with E-state index in [2.05, 4.69) is 11.8 Å². The zero-order chi connectivity index (χ0) is 10.5. The van der Waals surface area contributed by atoms with E-state index in [4.69, 9.17) is 5.90 Å². The smallest absolute Gasteiger partial charge is 0.0679 e. The molecule has 0 spiro atoms. The second-order valence-corrected chi connectivity index (χ2v) is 4.05. The first-order valence-corrected chi connectivity index (χ1v) is 6.23. The molecule has 0 aliphatic rings. The van der Waals surface area contributed by atoms with E-state index < -0.39 is 0 Å². The van der Waals surface area contributed by atoms with Crippen LogP contribution in [0.3, 0.4) is 0 Å². The fourth-order valence-electron chi connectivity index (χ4n) is 1.67. The molecule has 0 radical (unpaired) electrons. The minimum absolute atomic E-state index is 0.719. The molecule has 0 rings (SSSR count). The van der Waals surface area contributed by atoms with Gasteiger partial charge in [-0.25, -0.2) is 5.90 Å². The Hall–Kier alpha value is -0.0800. The summed E-state index contributed by atoms with van der Waals surface area (Å²) >= 11 is 0. The summed E-state index contributed by atoms with van der Waals surface area (Å²) in [6, 6.07) is 0. The zero-order valence-corrected chi connectivity index (χ0v) is 9.76. The van der Waals surface area contributed by atoms with Crippen LogP contribution in [0.1, 0.15) is 71.1 Å². The molecule has 0 amide bonds. The lowest BCUT2D eigenvalue weighted by molar-refractivity contribution is 0.133. The molecule has 86 valence electrons. The van der Waals surface area contributed by atoms with Crippen LogP contribution in [-0.4, -0.2) is 6.61 Å². The second kappa shape index (κ2) is 12.9. The molecule has 0 fully saturated rings. The van der Waals surface area contributed by atoms with Crippen molar-refractivity contribution in [3.8, 4) is 0 Å². The Morgan fingerprint density at radius 2 is 1.14 bits per heavy atom. The van der Waals surface area contributed by atoms with Gasteiger partial charge in [0, 0.05) is 0 Å². The molecule has 0 aromatic rings. The van der Waals surface area contributed by atoms with E-state index in [1.165, 1.54) is 57.8 Å². The molecular formula is C12H27NO. The monoisotopic (exact) mass is 201 g/mol. The molecule has 0 aromatic carbocycles. The Morgan fingerprint density at radius 1 is 0.714 bits per heavy atom. The lowest BCUT2D eigenvalue weighted by atomic mass is 10.1. The van der Waals surface area contributed by atoms with Crippen LogP contribution in [0.2, 0.25) is 0 Å². The van der Waals surface area contributed by atoms with E-state index >= 15 is 0 Å². The Morgan fingerprint density at radius 3 is 1.57 bits per heavy atom. The van der Waals surface area contributed by atoms with Gasteiger partial charge < -0.3 is 4.84 Å². The van der Waals surface area contributed by atoms with Gasteiger partial charge in [0.25, 0.3) is 0 Å². The topological polar surface area (TPSA) is 35.2 Å². The van der Waals surface area contributed by atoms with Crippen molar-refractivity contribution in [3.05, 3.63) is 0 Å². The van der Waals surface area contributed by atoms with Crippen LogP contribution in [-0.2, 0) is 4.84 Å². The highest BCUT2D eigenvalue weighted by Crippen LogP contribution is 2.10. The summed E-state index contributed by atoms with van der Waals surface area (Å²) in [5.74, 6) is 4.94. The quantitative estimate of drug-likeness (QED) is 0.407. The van der Waals surface area contributed by atoms with Crippen molar-refractivity contribution < 1.29 is 4.84 Å². The molecule has 0 saturated carbocycles. The summed E-state index contributed by atoms with van der Waals surface area (Å²) in [4.78, 5) is 4.51. The van der Waals surface area contributed by atoms with Crippen LogP contribution in [0.15, 0.2) is 0 Å². The number of rotatable bonds is 11. The normalized spacial score (nSPS) is 10.7. The molecule has 14 heavy (non-hydrogen) atoms. The van der Waals surface area contributed by atoms with Crippen LogP contribution >= 0.6 is 0 Å². The van der Waals surface area contributed by atoms with Crippen LogP contribution in [0.25, 0.3) is 0 Å². The SMILES string of the molecule is CCCCCCCCCCCCON. The Bertz CT molecular complexity index is 84.3. The highest BCUT2D eigenvalue weighted by molar-refractivity contribution is 4.46. The van der Waals surface area contributed by atoms with Crippen molar-refractivity contribution in [1.82, 2.24) is 0 Å². The van der Waals surface area contributed by atoms with Gasteiger partial charge in [-0.1, -0.05) is 64.7 Å². The highest BCUT2D eigenvalue weighted by atomic mass is 16.6. The molecule has 0 aromatic heterocycles. The van der Waals surface area contributed by atoms with Crippen LogP contribution < -0.4 is 5.90 Å². The van der Waals surface area contributed by atoms with Gasteiger partial charge in [-0.15, -0.1) is 0 Å². The molecule has 0 atom stereocenters. The minimum atomic E-state index is 0.719. The van der Waals surface area contributed by atoms with Gasteiger partial charge >= 0.3 is 0 Å². The molecule has 0 unspecified atom stereocenters. The lowest BCUT2D eigenvalue weighted by Crippen LogP contribution is -2.00. The third-order valence-corrected chi connectivity index (χ3v) is 2.62. The lowest BCUT2D eigenvalue weighted by Gasteiger charge is -2.01. The Kier molecular flexibility index (Phi) is 12.8. The number of unbranched alkanes of at least 4 members (excludes halogenated alkanes) is 9. The average molecular weight is 201 g/mol. The first kappa shape index (κ1) is 13.9.